The van der Waals surface area contributed by atoms with E-state index in [1.54, 1.807) is 30.3 Å². The number of hydrogen-bond acceptors (Lipinski definition) is 5. The van der Waals surface area contributed by atoms with Gasteiger partial charge in [-0.2, -0.15) is 13.2 Å². The number of rotatable bonds is 9. The minimum Gasteiger partial charge on any atom is -0.485 e. The van der Waals surface area contributed by atoms with Crippen molar-refractivity contribution >= 4 is 23.2 Å². The lowest BCUT2D eigenvalue weighted by Crippen LogP contribution is -2.25. The van der Waals surface area contributed by atoms with Crippen LogP contribution in [0.5, 0.6) is 5.75 Å². The molecule has 1 aromatic heterocycles. The van der Waals surface area contributed by atoms with Gasteiger partial charge in [0.25, 0.3) is 5.91 Å². The van der Waals surface area contributed by atoms with Crippen molar-refractivity contribution in [2.45, 2.75) is 32.0 Å². The number of methoxy groups -OCH3 is 1. The third-order valence-corrected chi connectivity index (χ3v) is 6.24. The van der Waals surface area contributed by atoms with Gasteiger partial charge in [0, 0.05) is 11.4 Å². The number of alkyl halides is 3. The molecule has 0 bridgehead atoms. The van der Waals surface area contributed by atoms with Gasteiger partial charge in [0.2, 0.25) is 0 Å². The van der Waals surface area contributed by atoms with Crippen molar-refractivity contribution in [2.24, 2.45) is 0 Å². The number of carbonyl (C=O) groups excluding carboxylic acids is 2. The molecule has 0 fully saturated rings. The number of hydrogen-bond donors (Lipinski definition) is 1. The maximum absolute atomic E-state index is 12.8. The summed E-state index contributed by atoms with van der Waals surface area (Å²) in [4.78, 5) is 24.8. The second-order valence-electron chi connectivity index (χ2n) is 7.40. The van der Waals surface area contributed by atoms with Crippen molar-refractivity contribution in [3.05, 3.63) is 76.0 Å². The van der Waals surface area contributed by atoms with Gasteiger partial charge in [-0.1, -0.05) is 31.2 Å². The molecule has 9 heteroatoms. The molecule has 180 valence electrons. The first-order valence-electron chi connectivity index (χ1n) is 10.6. The largest absolute Gasteiger partial charge is 0.485 e. The molecule has 5 nitrogen and oxygen atoms in total. The van der Waals surface area contributed by atoms with Crippen molar-refractivity contribution in [1.82, 2.24) is 5.32 Å². The van der Waals surface area contributed by atoms with E-state index in [9.17, 15) is 22.8 Å². The monoisotopic (exact) mass is 491 g/mol. The summed E-state index contributed by atoms with van der Waals surface area (Å²) in [5, 5.41) is 2.69. The van der Waals surface area contributed by atoms with Gasteiger partial charge in [0.15, 0.2) is 0 Å². The van der Waals surface area contributed by atoms with Crippen LogP contribution < -0.4 is 10.1 Å². The Hall–Kier alpha value is -3.33. The molecule has 1 N–H and O–H groups in total. The zero-order valence-electron chi connectivity index (χ0n) is 18.6. The van der Waals surface area contributed by atoms with Crippen molar-refractivity contribution < 1.29 is 32.2 Å². The fraction of sp³-hybridized carbons (Fsp3) is 0.280. The summed E-state index contributed by atoms with van der Waals surface area (Å²) >= 11 is 1.32. The summed E-state index contributed by atoms with van der Waals surface area (Å²) in [5.41, 5.74) is 0.762. The molecule has 0 aliphatic carbocycles. The quantitative estimate of drug-likeness (QED) is 0.359. The van der Waals surface area contributed by atoms with Crippen LogP contribution in [0, 0.1) is 0 Å². The standard InChI is InChI=1S/C25H24F3NO4S/c1-3-20(21-12-13-22(34-21)24(31)29-15-14-23(30)32-2)33-19-10-6-17(7-11-19)16-4-8-18(9-5-16)25(26,27)28/h4-13,20H,3,14-15H2,1-2H3,(H,29,31). The van der Waals surface area contributed by atoms with E-state index in [2.05, 4.69) is 10.1 Å². The number of nitrogens with one attached hydrogen (secondary N) is 1. The Morgan fingerprint density at radius 1 is 0.971 bits per heavy atom. The van der Waals surface area contributed by atoms with Gasteiger partial charge in [0.05, 0.1) is 24.0 Å². The second-order valence-corrected chi connectivity index (χ2v) is 8.51. The third kappa shape index (κ3) is 6.60. The summed E-state index contributed by atoms with van der Waals surface area (Å²) < 4.78 is 48.9. The molecular formula is C25H24F3NO4S. The summed E-state index contributed by atoms with van der Waals surface area (Å²) in [6.45, 7) is 2.16. The average molecular weight is 492 g/mol. The Kier molecular flexibility index (Phi) is 8.33. The van der Waals surface area contributed by atoms with E-state index in [4.69, 9.17) is 4.74 Å². The summed E-state index contributed by atoms with van der Waals surface area (Å²) in [6, 6.07) is 15.7. The van der Waals surface area contributed by atoms with Crippen molar-refractivity contribution in [2.75, 3.05) is 13.7 Å². The van der Waals surface area contributed by atoms with E-state index < -0.39 is 17.7 Å². The van der Waals surface area contributed by atoms with E-state index in [0.717, 1.165) is 22.6 Å². The van der Waals surface area contributed by atoms with Crippen LogP contribution in [0.25, 0.3) is 11.1 Å². The second kappa shape index (κ2) is 11.2. The predicted molar refractivity (Wildman–Crippen MR) is 124 cm³/mol. The van der Waals surface area contributed by atoms with E-state index in [1.165, 1.54) is 30.6 Å². The van der Waals surface area contributed by atoms with E-state index in [-0.39, 0.29) is 25.0 Å². The Morgan fingerprint density at radius 2 is 1.59 bits per heavy atom. The van der Waals surface area contributed by atoms with Gasteiger partial charge in [0.1, 0.15) is 11.9 Å². The molecule has 1 atom stereocenters. The molecule has 1 unspecified atom stereocenters. The Labute approximate surface area is 199 Å². The average Bonchev–Trinajstić information content (AvgIpc) is 3.32. The smallest absolute Gasteiger partial charge is 0.416 e. The first-order valence-corrected chi connectivity index (χ1v) is 11.4. The van der Waals surface area contributed by atoms with Crippen molar-refractivity contribution in [3.63, 3.8) is 0 Å². The SMILES string of the molecule is CCC(Oc1ccc(-c2ccc(C(F)(F)F)cc2)cc1)c1ccc(C(=O)NCCC(=O)OC)s1. The van der Waals surface area contributed by atoms with Crippen LogP contribution in [-0.4, -0.2) is 25.5 Å². The molecule has 0 saturated heterocycles. The summed E-state index contributed by atoms with van der Waals surface area (Å²) in [7, 11) is 1.29. The van der Waals surface area contributed by atoms with Crippen LogP contribution in [0.1, 0.15) is 46.0 Å². The van der Waals surface area contributed by atoms with Crippen LogP contribution in [0.15, 0.2) is 60.7 Å². The Bertz CT molecular complexity index is 1110. The van der Waals surface area contributed by atoms with Gasteiger partial charge in [-0.05, 0) is 53.9 Å². The highest BCUT2D eigenvalue weighted by Gasteiger charge is 2.30. The molecule has 0 aliphatic heterocycles. The molecule has 0 saturated carbocycles. The van der Waals surface area contributed by atoms with Crippen LogP contribution in [0.3, 0.4) is 0 Å². The van der Waals surface area contributed by atoms with Crippen LogP contribution in [0.2, 0.25) is 0 Å². The minimum absolute atomic E-state index is 0.101. The lowest BCUT2D eigenvalue weighted by atomic mass is 10.0. The zero-order valence-corrected chi connectivity index (χ0v) is 19.5. The number of amides is 1. The molecule has 34 heavy (non-hydrogen) atoms. The highest BCUT2D eigenvalue weighted by Crippen LogP contribution is 2.33. The molecule has 0 spiro atoms. The fourth-order valence-electron chi connectivity index (χ4n) is 3.20. The zero-order chi connectivity index (χ0) is 24.7. The topological polar surface area (TPSA) is 64.6 Å². The molecule has 3 aromatic rings. The maximum atomic E-state index is 12.8. The number of carbonyl (C=O) groups is 2. The van der Waals surface area contributed by atoms with Crippen LogP contribution in [0.4, 0.5) is 13.2 Å². The number of halogens is 3. The third-order valence-electron chi connectivity index (χ3n) is 5.06. The van der Waals surface area contributed by atoms with E-state index in [0.29, 0.717) is 22.6 Å². The van der Waals surface area contributed by atoms with Gasteiger partial charge >= 0.3 is 12.1 Å². The van der Waals surface area contributed by atoms with Gasteiger partial charge < -0.3 is 14.8 Å². The maximum Gasteiger partial charge on any atom is 0.416 e. The van der Waals surface area contributed by atoms with Crippen molar-refractivity contribution in [3.8, 4) is 16.9 Å². The first-order chi connectivity index (χ1) is 16.2. The minimum atomic E-state index is -4.36. The Balaban J connectivity index is 1.62. The van der Waals surface area contributed by atoms with Gasteiger partial charge in [-0.3, -0.25) is 9.59 Å². The Morgan fingerprint density at radius 3 is 2.15 bits per heavy atom. The molecular weight excluding hydrogens is 467 g/mol. The molecule has 2 aromatic carbocycles. The summed E-state index contributed by atoms with van der Waals surface area (Å²) in [6.07, 6.45) is -3.86. The summed E-state index contributed by atoms with van der Waals surface area (Å²) in [5.74, 6) is -0.0492. The molecule has 1 heterocycles. The first kappa shape index (κ1) is 25.3. The van der Waals surface area contributed by atoms with E-state index >= 15 is 0 Å². The van der Waals surface area contributed by atoms with Gasteiger partial charge in [-0.25, -0.2) is 0 Å². The highest BCUT2D eigenvalue weighted by atomic mass is 32.1. The molecule has 1 amide bonds. The number of thiophene rings is 1. The van der Waals surface area contributed by atoms with Crippen LogP contribution in [-0.2, 0) is 15.7 Å². The van der Waals surface area contributed by atoms with E-state index in [1.807, 2.05) is 13.0 Å². The number of ether oxygens (including phenoxy) is 2. The molecule has 3 rings (SSSR count). The number of esters is 1. The van der Waals surface area contributed by atoms with Crippen molar-refractivity contribution in [1.29, 1.82) is 0 Å². The predicted octanol–water partition coefficient (Wildman–Crippen LogP) is 6.26. The fourth-order valence-corrected chi connectivity index (χ4v) is 4.24. The lowest BCUT2D eigenvalue weighted by Gasteiger charge is -2.16. The van der Waals surface area contributed by atoms with Gasteiger partial charge in [-0.15, -0.1) is 11.3 Å². The number of benzene rings is 2. The lowest BCUT2D eigenvalue weighted by molar-refractivity contribution is -0.140. The highest BCUT2D eigenvalue weighted by molar-refractivity contribution is 7.14. The normalized spacial score (nSPS) is 12.1. The molecule has 0 aliphatic rings. The van der Waals surface area contributed by atoms with Crippen LogP contribution >= 0.6 is 11.3 Å². The molecule has 0 radical (unpaired) electrons.